The van der Waals surface area contributed by atoms with Crippen LogP contribution in [-0.4, -0.2) is 17.8 Å². The minimum atomic E-state index is -0.627. The Morgan fingerprint density at radius 2 is 1.78 bits per heavy atom. The zero-order chi connectivity index (χ0) is 19.4. The number of hydrogen-bond acceptors (Lipinski definition) is 3. The zero-order valence-corrected chi connectivity index (χ0v) is 14.9. The van der Waals surface area contributed by atoms with Gasteiger partial charge >= 0.3 is 0 Å². The van der Waals surface area contributed by atoms with Crippen molar-refractivity contribution in [1.29, 1.82) is 0 Å². The molecule has 0 radical (unpaired) electrons. The Labute approximate surface area is 156 Å². The Hall–Kier alpha value is -2.95. The van der Waals surface area contributed by atoms with Crippen LogP contribution >= 0.6 is 0 Å². The quantitative estimate of drug-likeness (QED) is 0.549. The second kappa shape index (κ2) is 8.16. The molecule has 0 aromatic heterocycles. The van der Waals surface area contributed by atoms with Crippen LogP contribution in [0.2, 0.25) is 0 Å². The minimum Gasteiger partial charge on any atom is -0.294 e. The third-order valence-electron chi connectivity index (χ3n) is 4.45. The molecule has 1 atom stereocenters. The van der Waals surface area contributed by atoms with E-state index in [1.165, 1.54) is 18.2 Å². The summed E-state index contributed by atoms with van der Waals surface area (Å²) in [5, 5.41) is 0. The Balaban J connectivity index is 1.74. The molecule has 0 aliphatic carbocycles. The number of halogens is 2. The van der Waals surface area contributed by atoms with Gasteiger partial charge in [-0.05, 0) is 36.1 Å². The van der Waals surface area contributed by atoms with Gasteiger partial charge in [0.15, 0.2) is 11.6 Å². The van der Waals surface area contributed by atoms with Crippen molar-refractivity contribution in [2.75, 3.05) is 0 Å². The molecule has 1 aliphatic rings. The number of allylic oxidation sites excluding steroid dienone is 2. The molecule has 27 heavy (non-hydrogen) atoms. The van der Waals surface area contributed by atoms with Crippen LogP contribution in [0.3, 0.4) is 0 Å². The summed E-state index contributed by atoms with van der Waals surface area (Å²) in [7, 11) is 0. The summed E-state index contributed by atoms with van der Waals surface area (Å²) in [4.78, 5) is 28.8. The fourth-order valence-corrected chi connectivity index (χ4v) is 2.96. The normalized spacial score (nSPS) is 16.1. The fraction of sp³-hybridized carbons (Fsp3) is 0.227. The molecule has 0 saturated carbocycles. The predicted molar refractivity (Wildman–Crippen MR) is 99.9 cm³/mol. The van der Waals surface area contributed by atoms with Crippen molar-refractivity contribution in [3.8, 4) is 0 Å². The van der Waals surface area contributed by atoms with E-state index in [1.807, 2.05) is 6.92 Å². The van der Waals surface area contributed by atoms with E-state index in [0.29, 0.717) is 16.8 Å². The molecule has 1 aliphatic heterocycles. The topological polar surface area (TPSA) is 46.5 Å². The molecule has 0 N–H and O–H groups in total. The smallest absolute Gasteiger partial charge is 0.188 e. The molecule has 1 unspecified atom stereocenters. The summed E-state index contributed by atoms with van der Waals surface area (Å²) in [6, 6.07) is 10.2. The van der Waals surface area contributed by atoms with E-state index in [4.69, 9.17) is 0 Å². The van der Waals surface area contributed by atoms with E-state index >= 15 is 0 Å². The Morgan fingerprint density at radius 3 is 2.48 bits per heavy atom. The third kappa shape index (κ3) is 4.61. The van der Waals surface area contributed by atoms with E-state index < -0.39 is 11.6 Å². The average Bonchev–Trinajstić information content (AvgIpc) is 2.65. The first-order valence-electron chi connectivity index (χ1n) is 8.76. The zero-order valence-electron chi connectivity index (χ0n) is 14.9. The van der Waals surface area contributed by atoms with E-state index in [9.17, 15) is 18.4 Å². The van der Waals surface area contributed by atoms with Gasteiger partial charge in [0.05, 0.1) is 6.42 Å². The van der Waals surface area contributed by atoms with Gasteiger partial charge in [-0.1, -0.05) is 37.3 Å². The van der Waals surface area contributed by atoms with Gasteiger partial charge in [-0.25, -0.2) is 8.78 Å². The summed E-state index contributed by atoms with van der Waals surface area (Å²) < 4.78 is 27.7. The SMILES string of the molecule is CC1C=C(C(=O)CC(=O)c2cccc(Cc3c(F)cccc3F)c2)N=CC1. The number of Topliss-reactive ketones (excluding diaryl/α,β-unsaturated/α-hetero) is 2. The van der Waals surface area contributed by atoms with E-state index in [2.05, 4.69) is 4.99 Å². The second-order valence-electron chi connectivity index (χ2n) is 6.68. The lowest BCUT2D eigenvalue weighted by molar-refractivity contribution is -0.114. The number of benzene rings is 2. The number of aliphatic imine (C=N–C) groups is 1. The van der Waals surface area contributed by atoms with Crippen LogP contribution in [-0.2, 0) is 11.2 Å². The van der Waals surface area contributed by atoms with E-state index in [1.54, 1.807) is 36.6 Å². The second-order valence-corrected chi connectivity index (χ2v) is 6.68. The number of carbonyl (C=O) groups excluding carboxylic acids is 2. The molecule has 2 aromatic carbocycles. The summed E-state index contributed by atoms with van der Waals surface area (Å²) in [6.45, 7) is 1.98. The standard InChI is InChI=1S/C22H19F2NO2/c1-14-8-9-25-20(10-14)22(27)13-21(26)16-5-2-4-15(11-16)12-17-18(23)6-3-7-19(17)24/h2-7,9-11,14H,8,12-13H2,1H3. The maximum atomic E-state index is 13.8. The molecule has 0 bridgehead atoms. The molecule has 0 fully saturated rings. The van der Waals surface area contributed by atoms with Gasteiger partial charge in [-0.15, -0.1) is 0 Å². The lowest BCUT2D eigenvalue weighted by Gasteiger charge is -2.10. The Morgan fingerprint density at radius 1 is 1.07 bits per heavy atom. The van der Waals surface area contributed by atoms with Crippen LogP contribution in [0, 0.1) is 17.6 Å². The van der Waals surface area contributed by atoms with Gasteiger partial charge in [-0.2, -0.15) is 0 Å². The van der Waals surface area contributed by atoms with Crippen molar-refractivity contribution < 1.29 is 18.4 Å². The average molecular weight is 367 g/mol. The summed E-state index contributed by atoms with van der Waals surface area (Å²) in [5.41, 5.74) is 1.20. The molecular formula is C22H19F2NO2. The van der Waals surface area contributed by atoms with E-state index in [-0.39, 0.29) is 35.9 Å². The first kappa shape index (κ1) is 18.8. The predicted octanol–water partition coefficient (Wildman–Crippen LogP) is 4.69. The van der Waals surface area contributed by atoms with Gasteiger partial charge in [0, 0.05) is 23.8 Å². The molecule has 0 saturated heterocycles. The van der Waals surface area contributed by atoms with Gasteiger partial charge in [-0.3, -0.25) is 14.6 Å². The number of rotatable bonds is 6. The van der Waals surface area contributed by atoms with Gasteiger partial charge in [0.25, 0.3) is 0 Å². The Bertz CT molecular complexity index is 927. The lowest BCUT2D eigenvalue weighted by atomic mass is 9.97. The van der Waals surface area contributed by atoms with Crippen LogP contribution in [0.5, 0.6) is 0 Å². The van der Waals surface area contributed by atoms with Crippen molar-refractivity contribution in [2.45, 2.75) is 26.2 Å². The Kier molecular flexibility index (Phi) is 5.69. The number of nitrogens with zero attached hydrogens (tertiary/aromatic N) is 1. The van der Waals surface area contributed by atoms with Crippen LogP contribution in [0.1, 0.15) is 41.3 Å². The van der Waals surface area contributed by atoms with Crippen molar-refractivity contribution in [1.82, 2.24) is 0 Å². The molecule has 3 nitrogen and oxygen atoms in total. The number of carbonyl (C=O) groups is 2. The van der Waals surface area contributed by atoms with Crippen molar-refractivity contribution in [2.24, 2.45) is 10.9 Å². The van der Waals surface area contributed by atoms with Crippen LogP contribution in [0.4, 0.5) is 8.78 Å². The summed E-state index contributed by atoms with van der Waals surface area (Å²) in [5.74, 6) is -1.70. The monoisotopic (exact) mass is 367 g/mol. The first-order valence-corrected chi connectivity index (χ1v) is 8.76. The van der Waals surface area contributed by atoms with Crippen LogP contribution < -0.4 is 0 Å². The highest BCUT2D eigenvalue weighted by molar-refractivity contribution is 6.13. The molecule has 138 valence electrons. The molecule has 3 rings (SSSR count). The summed E-state index contributed by atoms with van der Waals surface area (Å²) in [6.07, 6.45) is 3.98. The molecule has 0 spiro atoms. The van der Waals surface area contributed by atoms with Crippen LogP contribution in [0.25, 0.3) is 0 Å². The van der Waals surface area contributed by atoms with E-state index in [0.717, 1.165) is 6.42 Å². The van der Waals surface area contributed by atoms with Gasteiger partial charge < -0.3 is 0 Å². The van der Waals surface area contributed by atoms with Crippen molar-refractivity contribution >= 4 is 17.8 Å². The molecule has 5 heteroatoms. The van der Waals surface area contributed by atoms with Crippen molar-refractivity contribution in [3.05, 3.63) is 82.6 Å². The van der Waals surface area contributed by atoms with Gasteiger partial charge in [0.1, 0.15) is 17.3 Å². The van der Waals surface area contributed by atoms with Gasteiger partial charge in [0.2, 0.25) is 0 Å². The highest BCUT2D eigenvalue weighted by Gasteiger charge is 2.18. The highest BCUT2D eigenvalue weighted by atomic mass is 19.1. The molecule has 0 amide bonds. The number of hydrogen-bond donors (Lipinski definition) is 0. The summed E-state index contributed by atoms with van der Waals surface area (Å²) >= 11 is 0. The molecule has 2 aromatic rings. The fourth-order valence-electron chi connectivity index (χ4n) is 2.96. The maximum Gasteiger partial charge on any atom is 0.188 e. The van der Waals surface area contributed by atoms with Crippen molar-refractivity contribution in [3.63, 3.8) is 0 Å². The largest absolute Gasteiger partial charge is 0.294 e. The lowest BCUT2D eigenvalue weighted by Crippen LogP contribution is -2.13. The number of ketones is 2. The third-order valence-corrected chi connectivity index (χ3v) is 4.45. The van der Waals surface area contributed by atoms with Crippen LogP contribution in [0.15, 0.2) is 59.2 Å². The molecular weight excluding hydrogens is 348 g/mol. The maximum absolute atomic E-state index is 13.8. The minimum absolute atomic E-state index is 0.0283. The first-order chi connectivity index (χ1) is 12.9. The highest BCUT2D eigenvalue weighted by Crippen LogP contribution is 2.20. The molecule has 1 heterocycles.